The van der Waals surface area contributed by atoms with Gasteiger partial charge in [-0.2, -0.15) is 5.26 Å². The van der Waals surface area contributed by atoms with Gasteiger partial charge in [-0.3, -0.25) is 24.3 Å². The second kappa shape index (κ2) is 15.0. The van der Waals surface area contributed by atoms with Crippen LogP contribution in [0.15, 0.2) is 66.9 Å². The number of pyridine rings is 1. The molecule has 1 aromatic heterocycles. The number of rotatable bonds is 9. The number of amides is 1. The average Bonchev–Trinajstić information content (AvgIpc) is 3.12. The summed E-state index contributed by atoms with van der Waals surface area (Å²) >= 11 is 0. The van der Waals surface area contributed by atoms with Crippen LogP contribution in [-0.4, -0.2) is 96.6 Å². The highest BCUT2D eigenvalue weighted by atomic mass is 16.2. The Morgan fingerprint density at radius 3 is 2.06 bits per heavy atom. The lowest BCUT2D eigenvalue weighted by atomic mass is 9.88. The van der Waals surface area contributed by atoms with E-state index in [0.717, 1.165) is 69.9 Å². The molecule has 2 aromatic carbocycles. The third-order valence-electron chi connectivity index (χ3n) is 10.1. The van der Waals surface area contributed by atoms with Crippen molar-refractivity contribution in [3.8, 4) is 6.07 Å². The molecule has 0 bridgehead atoms. The number of Topliss-reactive ketones (excluding diaryl/α,β-unsaturated/α-hetero) is 2. The Labute approximate surface area is 277 Å². The van der Waals surface area contributed by atoms with Gasteiger partial charge in [0.05, 0.1) is 11.6 Å². The molecule has 9 nitrogen and oxygen atoms in total. The predicted molar refractivity (Wildman–Crippen MR) is 181 cm³/mol. The van der Waals surface area contributed by atoms with E-state index in [1.54, 1.807) is 17.0 Å². The van der Waals surface area contributed by atoms with Crippen molar-refractivity contribution in [3.63, 3.8) is 0 Å². The van der Waals surface area contributed by atoms with Crippen molar-refractivity contribution in [2.45, 2.75) is 38.6 Å². The molecular formula is C38H44N6O3. The lowest BCUT2D eigenvalue weighted by Gasteiger charge is -2.34. The van der Waals surface area contributed by atoms with Crippen LogP contribution >= 0.6 is 0 Å². The van der Waals surface area contributed by atoms with E-state index in [1.807, 2.05) is 36.4 Å². The molecule has 47 heavy (non-hydrogen) atoms. The zero-order valence-electron chi connectivity index (χ0n) is 27.3. The van der Waals surface area contributed by atoms with Gasteiger partial charge in [0.15, 0.2) is 11.6 Å². The summed E-state index contributed by atoms with van der Waals surface area (Å²) in [4.78, 5) is 52.7. The molecule has 3 saturated heterocycles. The Bertz CT molecular complexity index is 1570. The normalized spacial score (nSPS) is 18.6. The van der Waals surface area contributed by atoms with Gasteiger partial charge in [-0.05, 0) is 106 Å². The highest BCUT2D eigenvalue weighted by molar-refractivity contribution is 5.99. The molecule has 0 radical (unpaired) electrons. The van der Waals surface area contributed by atoms with Gasteiger partial charge in [-0.1, -0.05) is 12.1 Å². The number of hydrogen-bond acceptors (Lipinski definition) is 8. The standard InChI is InChI=1S/C38H44N6O3/c1-41-20-22-43(23-21-41)34-9-6-31(7-10-34)37(46)32-14-18-44(19-15-32)38(47)35-11-8-33(26-40-35)36(45)24-28-12-16-42(17-13-28)27-30-4-2-29(25-39)3-5-30/h2-11,26,28,32H,12-24,27H2,1H3. The molecular weight excluding hydrogens is 588 g/mol. The smallest absolute Gasteiger partial charge is 0.272 e. The molecule has 3 aliphatic rings. The highest BCUT2D eigenvalue weighted by Crippen LogP contribution is 2.26. The molecule has 0 unspecified atom stereocenters. The van der Waals surface area contributed by atoms with Crippen molar-refractivity contribution in [3.05, 3.63) is 94.8 Å². The van der Waals surface area contributed by atoms with E-state index in [2.05, 4.69) is 44.9 Å². The number of piperazine rings is 1. The number of anilines is 1. The minimum Gasteiger partial charge on any atom is -0.369 e. The summed E-state index contributed by atoms with van der Waals surface area (Å²) in [5.74, 6) is 0.309. The van der Waals surface area contributed by atoms with Crippen LogP contribution in [0.3, 0.4) is 0 Å². The molecule has 3 aliphatic heterocycles. The van der Waals surface area contributed by atoms with E-state index in [1.165, 1.54) is 11.8 Å². The summed E-state index contributed by atoms with van der Waals surface area (Å²) in [5, 5.41) is 9.00. The number of piperidine rings is 2. The molecule has 3 fully saturated rings. The number of ketones is 2. The number of aromatic nitrogens is 1. The number of carbonyl (C=O) groups is 3. The van der Waals surface area contributed by atoms with Gasteiger partial charge in [0.2, 0.25) is 0 Å². The van der Waals surface area contributed by atoms with E-state index in [0.29, 0.717) is 55.1 Å². The van der Waals surface area contributed by atoms with Crippen molar-refractivity contribution < 1.29 is 14.4 Å². The molecule has 0 atom stereocenters. The van der Waals surface area contributed by atoms with Gasteiger partial charge in [0, 0.05) is 81.2 Å². The third-order valence-corrected chi connectivity index (χ3v) is 10.1. The van der Waals surface area contributed by atoms with Crippen LogP contribution in [0.4, 0.5) is 5.69 Å². The van der Waals surface area contributed by atoms with Crippen molar-refractivity contribution in [2.24, 2.45) is 11.8 Å². The second-order valence-electron chi connectivity index (χ2n) is 13.4. The maximum absolute atomic E-state index is 13.3. The van der Waals surface area contributed by atoms with E-state index in [4.69, 9.17) is 5.26 Å². The molecule has 244 valence electrons. The van der Waals surface area contributed by atoms with Gasteiger partial charge < -0.3 is 14.7 Å². The molecule has 0 saturated carbocycles. The molecule has 1 amide bonds. The van der Waals surface area contributed by atoms with Gasteiger partial charge in [0.1, 0.15) is 5.69 Å². The first-order valence-electron chi connectivity index (χ1n) is 16.9. The fraction of sp³-hybridized carbons (Fsp3) is 0.447. The van der Waals surface area contributed by atoms with Crippen molar-refractivity contribution in [1.29, 1.82) is 5.26 Å². The van der Waals surface area contributed by atoms with Crippen LogP contribution in [0.1, 0.15) is 74.4 Å². The first kappa shape index (κ1) is 32.5. The number of benzene rings is 2. The van der Waals surface area contributed by atoms with Crippen molar-refractivity contribution in [1.82, 2.24) is 19.7 Å². The van der Waals surface area contributed by atoms with Crippen molar-refractivity contribution >= 4 is 23.2 Å². The molecule has 9 heteroatoms. The number of nitriles is 1. The van der Waals surface area contributed by atoms with Gasteiger partial charge >= 0.3 is 0 Å². The van der Waals surface area contributed by atoms with Crippen LogP contribution in [0.25, 0.3) is 0 Å². The summed E-state index contributed by atoms with van der Waals surface area (Å²) < 4.78 is 0. The van der Waals surface area contributed by atoms with Gasteiger partial charge in [0.25, 0.3) is 5.91 Å². The maximum Gasteiger partial charge on any atom is 0.272 e. The van der Waals surface area contributed by atoms with E-state index in [-0.39, 0.29) is 23.4 Å². The van der Waals surface area contributed by atoms with Crippen LogP contribution in [0.5, 0.6) is 0 Å². The van der Waals surface area contributed by atoms with E-state index < -0.39 is 0 Å². The first-order chi connectivity index (χ1) is 22.9. The highest BCUT2D eigenvalue weighted by Gasteiger charge is 2.29. The number of likely N-dealkylation sites (tertiary alicyclic amines) is 2. The maximum atomic E-state index is 13.3. The zero-order chi connectivity index (χ0) is 32.8. The Morgan fingerprint density at radius 2 is 1.45 bits per heavy atom. The van der Waals surface area contributed by atoms with E-state index in [9.17, 15) is 14.4 Å². The molecule has 0 aliphatic carbocycles. The Hall–Kier alpha value is -4.39. The lowest BCUT2D eigenvalue weighted by molar-refractivity contribution is 0.0645. The van der Waals surface area contributed by atoms with Crippen molar-refractivity contribution in [2.75, 3.05) is 64.3 Å². The molecule has 0 spiro atoms. The van der Waals surface area contributed by atoms with Gasteiger partial charge in [-0.15, -0.1) is 0 Å². The number of likely N-dealkylation sites (N-methyl/N-ethyl adjacent to an activating group) is 1. The van der Waals surface area contributed by atoms with Gasteiger partial charge in [-0.25, -0.2) is 0 Å². The Kier molecular flexibility index (Phi) is 10.4. The van der Waals surface area contributed by atoms with Crippen LogP contribution in [0.2, 0.25) is 0 Å². The Balaban J connectivity index is 0.934. The van der Waals surface area contributed by atoms with Crippen LogP contribution in [-0.2, 0) is 6.54 Å². The average molecular weight is 633 g/mol. The van der Waals surface area contributed by atoms with Crippen LogP contribution < -0.4 is 4.90 Å². The molecule has 3 aromatic rings. The summed E-state index contributed by atoms with van der Waals surface area (Å²) in [6, 6.07) is 21.3. The summed E-state index contributed by atoms with van der Waals surface area (Å²) in [5.41, 5.74) is 4.65. The molecule has 0 N–H and O–H groups in total. The fourth-order valence-electron chi connectivity index (χ4n) is 7.00. The van der Waals surface area contributed by atoms with E-state index >= 15 is 0 Å². The lowest BCUT2D eigenvalue weighted by Crippen LogP contribution is -2.44. The third kappa shape index (κ3) is 8.13. The SMILES string of the molecule is CN1CCN(c2ccc(C(=O)C3CCN(C(=O)c4ccc(C(=O)CC5CCN(Cc6ccc(C#N)cc6)CC5)cn4)CC3)cc2)CC1. The Morgan fingerprint density at radius 1 is 0.787 bits per heavy atom. The monoisotopic (exact) mass is 632 g/mol. The minimum absolute atomic E-state index is 0.0675. The zero-order valence-corrected chi connectivity index (χ0v) is 27.3. The predicted octanol–water partition coefficient (Wildman–Crippen LogP) is 4.93. The molecule has 4 heterocycles. The summed E-state index contributed by atoms with van der Waals surface area (Å²) in [6.07, 6.45) is 5.22. The minimum atomic E-state index is -0.152. The quantitative estimate of drug-likeness (QED) is 0.307. The second-order valence-corrected chi connectivity index (χ2v) is 13.4. The molecule has 6 rings (SSSR count). The largest absolute Gasteiger partial charge is 0.369 e. The number of nitrogens with zero attached hydrogens (tertiary/aromatic N) is 6. The fourth-order valence-corrected chi connectivity index (χ4v) is 7.00. The topological polar surface area (TPSA) is 101 Å². The van der Waals surface area contributed by atoms with Crippen LogP contribution in [0, 0.1) is 23.2 Å². The number of carbonyl (C=O) groups excluding carboxylic acids is 3. The number of hydrogen-bond donors (Lipinski definition) is 0. The summed E-state index contributed by atoms with van der Waals surface area (Å²) in [7, 11) is 2.14. The first-order valence-corrected chi connectivity index (χ1v) is 16.9. The summed E-state index contributed by atoms with van der Waals surface area (Å²) in [6.45, 7) is 7.83.